The third kappa shape index (κ3) is 4.42. The highest BCUT2D eigenvalue weighted by molar-refractivity contribution is 9.10. The molecule has 3 nitrogen and oxygen atoms in total. The lowest BCUT2D eigenvalue weighted by molar-refractivity contribution is 0.424. The van der Waals surface area contributed by atoms with Crippen molar-refractivity contribution in [1.82, 2.24) is 15.1 Å². The van der Waals surface area contributed by atoms with Crippen molar-refractivity contribution in [3.05, 3.63) is 46.2 Å². The maximum atomic E-state index is 4.69. The SMILES string of the molecule is CC(C)c1ccn(-c2cc(Br)ccc2CNC(C)(C)C)n1. The molecule has 2 rings (SSSR count). The fourth-order valence-corrected chi connectivity index (χ4v) is 2.39. The Labute approximate surface area is 135 Å². The van der Waals surface area contributed by atoms with Crippen molar-refractivity contribution in [2.75, 3.05) is 0 Å². The van der Waals surface area contributed by atoms with Crippen LogP contribution in [0, 0.1) is 0 Å². The van der Waals surface area contributed by atoms with Gasteiger partial charge >= 0.3 is 0 Å². The van der Waals surface area contributed by atoms with Gasteiger partial charge in [0.1, 0.15) is 0 Å². The molecule has 1 N–H and O–H groups in total. The number of hydrogen-bond donors (Lipinski definition) is 1. The van der Waals surface area contributed by atoms with Gasteiger partial charge in [-0.2, -0.15) is 5.10 Å². The van der Waals surface area contributed by atoms with Gasteiger partial charge in [0.2, 0.25) is 0 Å². The minimum Gasteiger partial charge on any atom is -0.308 e. The molecule has 114 valence electrons. The van der Waals surface area contributed by atoms with E-state index in [1.165, 1.54) is 5.56 Å². The number of hydrogen-bond acceptors (Lipinski definition) is 2. The van der Waals surface area contributed by atoms with Crippen molar-refractivity contribution in [2.45, 2.75) is 52.6 Å². The molecule has 0 amide bonds. The summed E-state index contributed by atoms with van der Waals surface area (Å²) in [5, 5.41) is 8.24. The molecule has 0 aliphatic carbocycles. The van der Waals surface area contributed by atoms with E-state index in [0.29, 0.717) is 5.92 Å². The maximum Gasteiger partial charge on any atom is 0.0701 e. The Morgan fingerprint density at radius 3 is 2.52 bits per heavy atom. The summed E-state index contributed by atoms with van der Waals surface area (Å²) in [6.45, 7) is 11.7. The summed E-state index contributed by atoms with van der Waals surface area (Å²) in [5.74, 6) is 0.439. The molecule has 0 fully saturated rings. The second-order valence-corrected chi connectivity index (χ2v) is 7.63. The molecular weight excluding hydrogens is 326 g/mol. The van der Waals surface area contributed by atoms with Gasteiger partial charge in [-0.15, -0.1) is 0 Å². The smallest absolute Gasteiger partial charge is 0.0701 e. The third-order valence-electron chi connectivity index (χ3n) is 3.30. The predicted octanol–water partition coefficient (Wildman–Crippen LogP) is 4.65. The molecule has 1 aromatic carbocycles. The predicted molar refractivity (Wildman–Crippen MR) is 91.9 cm³/mol. The van der Waals surface area contributed by atoms with Gasteiger partial charge in [-0.25, -0.2) is 4.68 Å². The lowest BCUT2D eigenvalue weighted by Crippen LogP contribution is -2.35. The van der Waals surface area contributed by atoms with Crippen molar-refractivity contribution < 1.29 is 0 Å². The van der Waals surface area contributed by atoms with Crippen LogP contribution < -0.4 is 5.32 Å². The molecule has 0 atom stereocenters. The Hall–Kier alpha value is -1.13. The monoisotopic (exact) mass is 349 g/mol. The third-order valence-corrected chi connectivity index (χ3v) is 3.80. The summed E-state index contributed by atoms with van der Waals surface area (Å²) in [4.78, 5) is 0. The second kappa shape index (κ2) is 6.32. The summed E-state index contributed by atoms with van der Waals surface area (Å²) >= 11 is 3.56. The lowest BCUT2D eigenvalue weighted by Gasteiger charge is -2.21. The van der Waals surface area contributed by atoms with E-state index in [9.17, 15) is 0 Å². The van der Waals surface area contributed by atoms with Crippen LogP contribution in [-0.4, -0.2) is 15.3 Å². The van der Waals surface area contributed by atoms with E-state index in [2.05, 4.69) is 80.1 Å². The minimum atomic E-state index is 0.0948. The molecule has 1 aromatic heterocycles. The number of benzene rings is 1. The largest absolute Gasteiger partial charge is 0.308 e. The molecule has 4 heteroatoms. The Bertz CT molecular complexity index is 609. The molecule has 21 heavy (non-hydrogen) atoms. The first kappa shape index (κ1) is 16.2. The first-order valence-corrected chi connectivity index (χ1v) is 8.15. The lowest BCUT2D eigenvalue weighted by atomic mass is 10.1. The van der Waals surface area contributed by atoms with E-state index in [4.69, 9.17) is 5.10 Å². The van der Waals surface area contributed by atoms with Gasteiger partial charge in [-0.1, -0.05) is 35.8 Å². The van der Waals surface area contributed by atoms with Crippen molar-refractivity contribution in [1.29, 1.82) is 0 Å². The molecule has 2 aromatic rings. The summed E-state index contributed by atoms with van der Waals surface area (Å²) < 4.78 is 3.04. The maximum absolute atomic E-state index is 4.69. The van der Waals surface area contributed by atoms with Gasteiger partial charge in [0, 0.05) is 22.8 Å². The zero-order valence-electron chi connectivity index (χ0n) is 13.4. The normalized spacial score (nSPS) is 12.1. The Morgan fingerprint density at radius 1 is 1.24 bits per heavy atom. The zero-order chi connectivity index (χ0) is 15.6. The average Bonchev–Trinajstić information content (AvgIpc) is 2.85. The number of aromatic nitrogens is 2. The first-order chi connectivity index (χ1) is 9.76. The van der Waals surface area contributed by atoms with Gasteiger partial charge in [0.05, 0.1) is 11.4 Å². The van der Waals surface area contributed by atoms with E-state index in [0.717, 1.165) is 22.4 Å². The van der Waals surface area contributed by atoms with Crippen LogP contribution in [-0.2, 0) is 6.54 Å². The van der Waals surface area contributed by atoms with Crippen molar-refractivity contribution in [3.8, 4) is 5.69 Å². The standard InChI is InChI=1S/C17H24BrN3/c1-12(2)15-8-9-21(20-15)16-10-14(18)7-6-13(16)11-19-17(3,4)5/h6-10,12,19H,11H2,1-5H3. The van der Waals surface area contributed by atoms with Crippen LogP contribution in [0.15, 0.2) is 34.9 Å². The highest BCUT2D eigenvalue weighted by Gasteiger charge is 2.13. The van der Waals surface area contributed by atoms with Crippen LogP contribution in [0.5, 0.6) is 0 Å². The number of nitrogens with one attached hydrogen (secondary N) is 1. The number of halogens is 1. The van der Waals surface area contributed by atoms with Crippen LogP contribution in [0.2, 0.25) is 0 Å². The Morgan fingerprint density at radius 2 is 1.95 bits per heavy atom. The fourth-order valence-electron chi connectivity index (χ4n) is 2.04. The molecule has 0 spiro atoms. The van der Waals surface area contributed by atoms with Gasteiger partial charge in [0.15, 0.2) is 0 Å². The number of rotatable bonds is 4. The van der Waals surface area contributed by atoms with E-state index in [1.807, 2.05) is 10.9 Å². The topological polar surface area (TPSA) is 29.9 Å². The summed E-state index contributed by atoms with van der Waals surface area (Å²) in [6.07, 6.45) is 2.04. The van der Waals surface area contributed by atoms with E-state index >= 15 is 0 Å². The minimum absolute atomic E-state index is 0.0948. The molecular formula is C17H24BrN3. The highest BCUT2D eigenvalue weighted by atomic mass is 79.9. The fraction of sp³-hybridized carbons (Fsp3) is 0.471. The van der Waals surface area contributed by atoms with Gasteiger partial charge < -0.3 is 5.32 Å². The van der Waals surface area contributed by atoms with Crippen LogP contribution in [0.4, 0.5) is 0 Å². The molecule has 0 radical (unpaired) electrons. The van der Waals surface area contributed by atoms with Gasteiger partial charge in [-0.3, -0.25) is 0 Å². The summed E-state index contributed by atoms with van der Waals surface area (Å²) in [6, 6.07) is 8.44. The molecule has 0 unspecified atom stereocenters. The Kier molecular flexibility index (Phi) is 4.89. The van der Waals surface area contributed by atoms with Crippen LogP contribution >= 0.6 is 15.9 Å². The number of nitrogens with zero attached hydrogens (tertiary/aromatic N) is 2. The second-order valence-electron chi connectivity index (χ2n) is 6.72. The summed E-state index contributed by atoms with van der Waals surface area (Å²) in [5.41, 5.74) is 3.57. The molecule has 0 bridgehead atoms. The molecule has 0 saturated heterocycles. The quantitative estimate of drug-likeness (QED) is 0.870. The highest BCUT2D eigenvalue weighted by Crippen LogP contribution is 2.22. The van der Waals surface area contributed by atoms with Crippen LogP contribution in [0.25, 0.3) is 5.69 Å². The van der Waals surface area contributed by atoms with Crippen molar-refractivity contribution >= 4 is 15.9 Å². The molecule has 1 heterocycles. The van der Waals surface area contributed by atoms with Gasteiger partial charge in [-0.05, 0) is 50.5 Å². The van der Waals surface area contributed by atoms with Crippen molar-refractivity contribution in [3.63, 3.8) is 0 Å². The molecule has 0 aliphatic rings. The van der Waals surface area contributed by atoms with E-state index in [1.54, 1.807) is 0 Å². The zero-order valence-corrected chi connectivity index (χ0v) is 15.0. The first-order valence-electron chi connectivity index (χ1n) is 7.35. The molecule has 0 aliphatic heterocycles. The summed E-state index contributed by atoms with van der Waals surface area (Å²) in [7, 11) is 0. The van der Waals surface area contributed by atoms with Gasteiger partial charge in [0.25, 0.3) is 0 Å². The Balaban J connectivity index is 2.34. The van der Waals surface area contributed by atoms with Crippen LogP contribution in [0.1, 0.15) is 51.8 Å². The molecule has 0 saturated carbocycles. The van der Waals surface area contributed by atoms with Crippen LogP contribution in [0.3, 0.4) is 0 Å². The van der Waals surface area contributed by atoms with E-state index < -0.39 is 0 Å². The average molecular weight is 350 g/mol. The van der Waals surface area contributed by atoms with Crippen molar-refractivity contribution in [2.24, 2.45) is 0 Å². The van der Waals surface area contributed by atoms with E-state index in [-0.39, 0.29) is 5.54 Å².